The van der Waals surface area contributed by atoms with Crippen LogP contribution in [0.3, 0.4) is 0 Å². The van der Waals surface area contributed by atoms with Crippen molar-refractivity contribution >= 4 is 56.0 Å². The maximum absolute atomic E-state index is 13.1. The van der Waals surface area contributed by atoms with Gasteiger partial charge in [0.2, 0.25) is 11.8 Å². The van der Waals surface area contributed by atoms with Gasteiger partial charge in [0.15, 0.2) is 5.17 Å². The van der Waals surface area contributed by atoms with Gasteiger partial charge in [0, 0.05) is 17.5 Å². The van der Waals surface area contributed by atoms with Crippen LogP contribution in [0.25, 0.3) is 0 Å². The monoisotopic (exact) mass is 487 g/mol. The van der Waals surface area contributed by atoms with Gasteiger partial charge in [-0.15, -0.1) is 0 Å². The Bertz CT molecular complexity index is 948. The molecule has 0 aliphatic carbocycles. The number of carbonyl (C=O) groups excluding carboxylic acids is 2. The number of amides is 2. The van der Waals surface area contributed by atoms with Crippen LogP contribution in [0.2, 0.25) is 0 Å². The summed E-state index contributed by atoms with van der Waals surface area (Å²) in [5.74, 6) is -0.293. The smallest absolute Gasteiger partial charge is 0.242 e. The Labute approximate surface area is 188 Å². The third-order valence-corrected chi connectivity index (χ3v) is 6.80. The van der Waals surface area contributed by atoms with Gasteiger partial charge in [0.1, 0.15) is 5.25 Å². The Balaban J connectivity index is 1.49. The molecule has 2 atom stereocenters. The van der Waals surface area contributed by atoms with E-state index in [2.05, 4.69) is 26.2 Å². The highest BCUT2D eigenvalue weighted by molar-refractivity contribution is 9.10. The van der Waals surface area contributed by atoms with Crippen LogP contribution in [0, 0.1) is 0 Å². The number of nitrogens with zero attached hydrogens (tertiary/aromatic N) is 2. The summed E-state index contributed by atoms with van der Waals surface area (Å²) in [5, 5.41) is 3.00. The minimum Gasteiger partial charge on any atom is -0.376 e. The fraction of sp³-hybridized carbons (Fsp3) is 0.318. The van der Waals surface area contributed by atoms with E-state index >= 15 is 0 Å². The molecule has 0 bridgehead atoms. The molecule has 2 fully saturated rings. The molecule has 2 saturated heterocycles. The average molecular weight is 488 g/mol. The molecule has 2 aromatic rings. The summed E-state index contributed by atoms with van der Waals surface area (Å²) >= 11 is 4.77. The quantitative estimate of drug-likeness (QED) is 0.646. The molecule has 0 spiro atoms. The lowest BCUT2D eigenvalue weighted by Crippen LogP contribution is -2.38. The minimum atomic E-state index is -0.503. The van der Waals surface area contributed by atoms with Crippen LogP contribution in [0.1, 0.15) is 19.3 Å². The predicted molar refractivity (Wildman–Crippen MR) is 123 cm³/mol. The van der Waals surface area contributed by atoms with Gasteiger partial charge in [-0.1, -0.05) is 42.1 Å². The van der Waals surface area contributed by atoms with Gasteiger partial charge >= 0.3 is 0 Å². The van der Waals surface area contributed by atoms with Crippen molar-refractivity contribution in [2.45, 2.75) is 30.6 Å². The topological polar surface area (TPSA) is 71.0 Å². The SMILES string of the molecule is O=C(CC1SC(=Nc2ccccc2)N(CC2CCCO2)C1=O)Nc1ccccc1Br. The summed E-state index contributed by atoms with van der Waals surface area (Å²) < 4.78 is 6.53. The van der Waals surface area contributed by atoms with Gasteiger partial charge in [-0.3, -0.25) is 14.5 Å². The number of nitrogens with one attached hydrogen (secondary N) is 1. The van der Waals surface area contributed by atoms with Crippen LogP contribution in [0.5, 0.6) is 0 Å². The van der Waals surface area contributed by atoms with Crippen molar-refractivity contribution in [3.8, 4) is 0 Å². The van der Waals surface area contributed by atoms with Crippen LogP contribution in [-0.2, 0) is 14.3 Å². The van der Waals surface area contributed by atoms with Crippen molar-refractivity contribution in [3.63, 3.8) is 0 Å². The molecule has 2 aromatic carbocycles. The first-order valence-electron chi connectivity index (χ1n) is 9.88. The first-order chi connectivity index (χ1) is 14.6. The molecule has 156 valence electrons. The van der Waals surface area contributed by atoms with Crippen molar-refractivity contribution in [1.82, 2.24) is 4.90 Å². The Morgan fingerprint density at radius 1 is 1.20 bits per heavy atom. The minimum absolute atomic E-state index is 0.0170. The third kappa shape index (κ3) is 5.11. The van der Waals surface area contributed by atoms with Gasteiger partial charge in [-0.2, -0.15) is 0 Å². The lowest BCUT2D eigenvalue weighted by atomic mass is 10.2. The Hall–Kier alpha value is -2.16. The lowest BCUT2D eigenvalue weighted by Gasteiger charge is -2.20. The van der Waals surface area contributed by atoms with Gasteiger partial charge in [0.25, 0.3) is 0 Å². The third-order valence-electron chi connectivity index (χ3n) is 4.93. The number of amidine groups is 1. The largest absolute Gasteiger partial charge is 0.376 e. The summed E-state index contributed by atoms with van der Waals surface area (Å²) in [5.41, 5.74) is 1.47. The molecule has 4 rings (SSSR count). The van der Waals surface area contributed by atoms with Crippen molar-refractivity contribution in [2.75, 3.05) is 18.5 Å². The zero-order valence-electron chi connectivity index (χ0n) is 16.3. The Morgan fingerprint density at radius 3 is 2.70 bits per heavy atom. The highest BCUT2D eigenvalue weighted by Gasteiger charge is 2.40. The van der Waals surface area contributed by atoms with E-state index in [1.807, 2.05) is 54.6 Å². The number of benzene rings is 2. The molecule has 2 heterocycles. The van der Waals surface area contributed by atoms with Crippen LogP contribution in [-0.4, -0.2) is 46.4 Å². The molecule has 6 nitrogen and oxygen atoms in total. The summed E-state index contributed by atoms with van der Waals surface area (Å²) in [6, 6.07) is 17.0. The van der Waals surface area contributed by atoms with Gasteiger partial charge < -0.3 is 10.1 Å². The summed E-state index contributed by atoms with van der Waals surface area (Å²) in [6.45, 7) is 1.20. The lowest BCUT2D eigenvalue weighted by molar-refractivity contribution is -0.129. The van der Waals surface area contributed by atoms with E-state index in [1.54, 1.807) is 4.90 Å². The van der Waals surface area contributed by atoms with Crippen LogP contribution in [0.4, 0.5) is 11.4 Å². The van der Waals surface area contributed by atoms with Crippen molar-refractivity contribution in [2.24, 2.45) is 4.99 Å². The van der Waals surface area contributed by atoms with Crippen LogP contribution in [0.15, 0.2) is 64.1 Å². The molecule has 1 N–H and O–H groups in total. The van der Waals surface area contributed by atoms with E-state index in [-0.39, 0.29) is 24.3 Å². The van der Waals surface area contributed by atoms with Gasteiger partial charge in [-0.05, 0) is 53.0 Å². The molecule has 0 aromatic heterocycles. The normalized spacial score (nSPS) is 22.6. The fourth-order valence-corrected chi connectivity index (χ4v) is 4.98. The van der Waals surface area contributed by atoms with E-state index < -0.39 is 5.25 Å². The van der Waals surface area contributed by atoms with Crippen molar-refractivity contribution in [1.29, 1.82) is 0 Å². The zero-order chi connectivity index (χ0) is 20.9. The predicted octanol–water partition coefficient (Wildman–Crippen LogP) is 4.59. The molecule has 0 saturated carbocycles. The molecule has 2 aliphatic heterocycles. The summed E-state index contributed by atoms with van der Waals surface area (Å²) in [7, 11) is 0. The van der Waals surface area contributed by atoms with E-state index in [4.69, 9.17) is 4.74 Å². The number of aliphatic imine (C=N–C) groups is 1. The molecular weight excluding hydrogens is 466 g/mol. The maximum atomic E-state index is 13.1. The fourth-order valence-electron chi connectivity index (χ4n) is 3.43. The summed E-state index contributed by atoms with van der Waals surface area (Å²) in [4.78, 5) is 32.1. The zero-order valence-corrected chi connectivity index (χ0v) is 18.7. The number of anilines is 1. The Kier molecular flexibility index (Phi) is 6.86. The molecule has 2 amide bonds. The highest BCUT2D eigenvalue weighted by Crippen LogP contribution is 2.33. The first-order valence-corrected chi connectivity index (χ1v) is 11.5. The van der Waals surface area contributed by atoms with Crippen LogP contribution < -0.4 is 5.32 Å². The van der Waals surface area contributed by atoms with Crippen molar-refractivity contribution < 1.29 is 14.3 Å². The highest BCUT2D eigenvalue weighted by atomic mass is 79.9. The first kappa shape index (κ1) is 21.1. The number of halogens is 1. The molecule has 2 aliphatic rings. The number of carbonyl (C=O) groups is 2. The second-order valence-electron chi connectivity index (χ2n) is 7.15. The van der Waals surface area contributed by atoms with E-state index in [1.165, 1.54) is 11.8 Å². The van der Waals surface area contributed by atoms with E-state index in [9.17, 15) is 9.59 Å². The number of rotatable bonds is 6. The molecule has 30 heavy (non-hydrogen) atoms. The standard InChI is InChI=1S/C22H22BrN3O3S/c23-17-10-4-5-11-18(17)25-20(27)13-19-21(28)26(14-16-9-6-12-29-16)22(30-19)24-15-7-2-1-3-8-15/h1-5,7-8,10-11,16,19H,6,9,12-14H2,(H,25,27). The average Bonchev–Trinajstić information content (AvgIpc) is 3.35. The number of para-hydroxylation sites is 2. The maximum Gasteiger partial charge on any atom is 0.242 e. The Morgan fingerprint density at radius 2 is 1.97 bits per heavy atom. The second kappa shape index (κ2) is 9.76. The number of thioether (sulfide) groups is 1. The number of hydrogen-bond donors (Lipinski definition) is 1. The molecular formula is C22H22BrN3O3S. The molecule has 0 radical (unpaired) electrons. The van der Waals surface area contributed by atoms with Crippen LogP contribution >= 0.6 is 27.7 Å². The number of hydrogen-bond acceptors (Lipinski definition) is 5. The molecule has 2 unspecified atom stereocenters. The van der Waals surface area contributed by atoms with E-state index in [0.29, 0.717) is 17.4 Å². The summed E-state index contributed by atoms with van der Waals surface area (Å²) in [6.07, 6.45) is 2.03. The number of ether oxygens (including phenoxy) is 1. The van der Waals surface area contributed by atoms with Crippen molar-refractivity contribution in [3.05, 3.63) is 59.1 Å². The van der Waals surface area contributed by atoms with Gasteiger partial charge in [0.05, 0.1) is 24.0 Å². The second-order valence-corrected chi connectivity index (χ2v) is 9.18. The molecule has 8 heteroatoms. The van der Waals surface area contributed by atoms with E-state index in [0.717, 1.165) is 29.6 Å². The van der Waals surface area contributed by atoms with Gasteiger partial charge in [-0.25, -0.2) is 4.99 Å².